The van der Waals surface area contributed by atoms with Gasteiger partial charge in [0.15, 0.2) is 0 Å². The second kappa shape index (κ2) is 8.72. The molecule has 0 saturated heterocycles. The van der Waals surface area contributed by atoms with E-state index in [9.17, 15) is 9.59 Å². The predicted octanol–water partition coefficient (Wildman–Crippen LogP) is 2.42. The summed E-state index contributed by atoms with van der Waals surface area (Å²) in [5.74, 6) is -0.183. The Morgan fingerprint density at radius 3 is 2.39 bits per heavy atom. The third-order valence-electron chi connectivity index (χ3n) is 3.72. The first-order valence-electron chi connectivity index (χ1n) is 7.95. The fourth-order valence-corrected chi connectivity index (χ4v) is 2.59. The molecule has 0 spiro atoms. The first-order valence-corrected chi connectivity index (χ1v) is 7.95. The molecule has 0 fully saturated rings. The molecule has 6 nitrogen and oxygen atoms in total. The monoisotopic (exact) mass is 324 g/mol. The summed E-state index contributed by atoms with van der Waals surface area (Å²) < 4.78 is 9.94. The number of carbonyl (C=O) groups is 2. The average molecular weight is 324 g/mol. The van der Waals surface area contributed by atoms with Gasteiger partial charge in [-0.15, -0.1) is 0 Å². The summed E-state index contributed by atoms with van der Waals surface area (Å²) in [7, 11) is 2.96. The van der Waals surface area contributed by atoms with Crippen molar-refractivity contribution in [1.82, 2.24) is 9.88 Å². The van der Waals surface area contributed by atoms with E-state index < -0.39 is 5.97 Å². The highest BCUT2D eigenvalue weighted by Crippen LogP contribution is 2.22. The van der Waals surface area contributed by atoms with E-state index in [2.05, 4.69) is 18.8 Å². The zero-order valence-electron chi connectivity index (χ0n) is 15.0. The molecule has 0 aliphatic heterocycles. The number of aromatic amines is 1. The van der Waals surface area contributed by atoms with E-state index in [1.165, 1.54) is 7.11 Å². The molecule has 1 rings (SSSR count). The number of aryl methyl sites for hydroxylation is 1. The van der Waals surface area contributed by atoms with Crippen molar-refractivity contribution < 1.29 is 19.1 Å². The number of nitrogens with zero attached hydrogens (tertiary/aromatic N) is 1. The standard InChI is InChI=1S/C17H28N2O4/c1-7-13-14(17(21)23-6)12(4)15(18-13)16(20)19(8-9-22-5)10-11(2)3/h11,18H,7-10H2,1-6H3. The van der Waals surface area contributed by atoms with E-state index in [0.29, 0.717) is 48.9 Å². The van der Waals surface area contributed by atoms with Gasteiger partial charge in [-0.3, -0.25) is 4.79 Å². The van der Waals surface area contributed by atoms with Gasteiger partial charge in [-0.1, -0.05) is 20.8 Å². The minimum Gasteiger partial charge on any atom is -0.465 e. The second-order valence-corrected chi connectivity index (χ2v) is 5.96. The summed E-state index contributed by atoms with van der Waals surface area (Å²) in [4.78, 5) is 29.7. The van der Waals surface area contributed by atoms with Crippen molar-refractivity contribution in [3.63, 3.8) is 0 Å². The Labute approximate surface area is 138 Å². The largest absolute Gasteiger partial charge is 0.465 e. The van der Waals surface area contributed by atoms with Crippen molar-refractivity contribution in [3.05, 3.63) is 22.5 Å². The zero-order valence-corrected chi connectivity index (χ0v) is 15.0. The van der Waals surface area contributed by atoms with Crippen LogP contribution in [0.3, 0.4) is 0 Å². The van der Waals surface area contributed by atoms with Crippen LogP contribution in [-0.2, 0) is 15.9 Å². The molecule has 0 bridgehead atoms. The van der Waals surface area contributed by atoms with Crippen LogP contribution in [-0.4, -0.2) is 55.7 Å². The molecule has 0 atom stereocenters. The van der Waals surface area contributed by atoms with E-state index in [0.717, 1.165) is 5.69 Å². The molecule has 1 aromatic rings. The summed E-state index contributed by atoms with van der Waals surface area (Å²) >= 11 is 0. The summed E-state index contributed by atoms with van der Waals surface area (Å²) in [5, 5.41) is 0. The Balaban J connectivity index is 3.18. The average Bonchev–Trinajstić information content (AvgIpc) is 2.86. The molecule has 1 heterocycles. The molecular weight excluding hydrogens is 296 g/mol. The van der Waals surface area contributed by atoms with Crippen LogP contribution in [0.1, 0.15) is 52.9 Å². The minimum atomic E-state index is -0.415. The molecule has 0 aliphatic carbocycles. The van der Waals surface area contributed by atoms with Crippen LogP contribution >= 0.6 is 0 Å². The molecule has 130 valence electrons. The first-order chi connectivity index (χ1) is 10.9. The summed E-state index contributed by atoms with van der Waals surface area (Å²) in [6, 6.07) is 0. The number of aromatic nitrogens is 1. The lowest BCUT2D eigenvalue weighted by Gasteiger charge is -2.24. The fourth-order valence-electron chi connectivity index (χ4n) is 2.59. The molecule has 6 heteroatoms. The van der Waals surface area contributed by atoms with Gasteiger partial charge in [0.1, 0.15) is 5.69 Å². The van der Waals surface area contributed by atoms with Gasteiger partial charge in [0.2, 0.25) is 0 Å². The smallest absolute Gasteiger partial charge is 0.339 e. The van der Waals surface area contributed by atoms with Crippen LogP contribution in [0.2, 0.25) is 0 Å². The lowest BCUT2D eigenvalue weighted by atomic mass is 10.1. The highest BCUT2D eigenvalue weighted by molar-refractivity contribution is 6.00. The number of hydrogen-bond donors (Lipinski definition) is 1. The van der Waals surface area contributed by atoms with Crippen LogP contribution in [0.15, 0.2) is 0 Å². The highest BCUT2D eigenvalue weighted by atomic mass is 16.5. The molecule has 23 heavy (non-hydrogen) atoms. The van der Waals surface area contributed by atoms with Gasteiger partial charge < -0.3 is 19.4 Å². The Morgan fingerprint density at radius 1 is 1.26 bits per heavy atom. The maximum Gasteiger partial charge on any atom is 0.339 e. The Bertz CT molecular complexity index is 549. The van der Waals surface area contributed by atoms with Crippen molar-refractivity contribution in [2.45, 2.75) is 34.1 Å². The van der Waals surface area contributed by atoms with Crippen LogP contribution in [0, 0.1) is 12.8 Å². The second-order valence-electron chi connectivity index (χ2n) is 5.96. The van der Waals surface area contributed by atoms with Crippen molar-refractivity contribution in [2.24, 2.45) is 5.92 Å². The topological polar surface area (TPSA) is 71.6 Å². The van der Waals surface area contributed by atoms with Crippen LogP contribution in [0.25, 0.3) is 0 Å². The number of ether oxygens (including phenoxy) is 2. The van der Waals surface area contributed by atoms with Gasteiger partial charge in [-0.25, -0.2) is 4.79 Å². The Morgan fingerprint density at radius 2 is 1.91 bits per heavy atom. The van der Waals surface area contributed by atoms with Crippen molar-refractivity contribution in [3.8, 4) is 0 Å². The lowest BCUT2D eigenvalue weighted by Crippen LogP contribution is -2.37. The summed E-state index contributed by atoms with van der Waals surface area (Å²) in [6.45, 7) is 9.46. The van der Waals surface area contributed by atoms with Crippen LogP contribution in [0.4, 0.5) is 0 Å². The van der Waals surface area contributed by atoms with E-state index in [1.54, 1.807) is 18.9 Å². The third kappa shape index (κ3) is 4.58. The van der Waals surface area contributed by atoms with Crippen LogP contribution < -0.4 is 0 Å². The van der Waals surface area contributed by atoms with Gasteiger partial charge >= 0.3 is 5.97 Å². The fraction of sp³-hybridized carbons (Fsp3) is 0.647. The van der Waals surface area contributed by atoms with Crippen molar-refractivity contribution in [1.29, 1.82) is 0 Å². The van der Waals surface area contributed by atoms with Crippen LogP contribution in [0.5, 0.6) is 0 Å². The first kappa shape index (κ1) is 19.2. The van der Waals surface area contributed by atoms with Gasteiger partial charge in [-0.2, -0.15) is 0 Å². The van der Waals surface area contributed by atoms with Gasteiger partial charge in [-0.05, 0) is 24.8 Å². The summed E-state index contributed by atoms with van der Waals surface area (Å²) in [6.07, 6.45) is 0.626. The normalized spacial score (nSPS) is 10.9. The van der Waals surface area contributed by atoms with Gasteiger partial charge in [0.25, 0.3) is 5.91 Å². The Hall–Kier alpha value is -1.82. The maximum absolute atomic E-state index is 12.9. The number of carbonyl (C=O) groups excluding carboxylic acids is 2. The Kier molecular flexibility index (Phi) is 7.29. The number of esters is 1. The maximum atomic E-state index is 12.9. The molecule has 0 radical (unpaired) electrons. The van der Waals surface area contributed by atoms with Crippen molar-refractivity contribution >= 4 is 11.9 Å². The summed E-state index contributed by atoms with van der Waals surface area (Å²) in [5.41, 5.74) is 2.30. The molecule has 1 amide bonds. The molecule has 0 aromatic carbocycles. The number of H-pyrrole nitrogens is 1. The van der Waals surface area contributed by atoms with E-state index in [4.69, 9.17) is 9.47 Å². The quantitative estimate of drug-likeness (QED) is 0.746. The number of rotatable bonds is 8. The highest BCUT2D eigenvalue weighted by Gasteiger charge is 2.26. The zero-order chi connectivity index (χ0) is 17.6. The number of amides is 1. The number of methoxy groups -OCH3 is 2. The molecular formula is C17H28N2O4. The molecule has 0 unspecified atom stereocenters. The number of nitrogens with one attached hydrogen (secondary N) is 1. The third-order valence-corrected chi connectivity index (χ3v) is 3.72. The molecule has 1 aromatic heterocycles. The minimum absolute atomic E-state index is 0.113. The predicted molar refractivity (Wildman–Crippen MR) is 88.9 cm³/mol. The van der Waals surface area contributed by atoms with Gasteiger partial charge in [0.05, 0.1) is 19.3 Å². The van der Waals surface area contributed by atoms with Crippen molar-refractivity contribution in [2.75, 3.05) is 33.9 Å². The lowest BCUT2D eigenvalue weighted by molar-refractivity contribution is 0.0599. The SMILES string of the molecule is CCc1[nH]c(C(=O)N(CCOC)CC(C)C)c(C)c1C(=O)OC. The molecule has 0 aliphatic rings. The van der Waals surface area contributed by atoms with Gasteiger partial charge in [0, 0.05) is 25.9 Å². The van der Waals surface area contributed by atoms with E-state index >= 15 is 0 Å². The van der Waals surface area contributed by atoms with E-state index in [1.807, 2.05) is 6.92 Å². The molecule has 0 saturated carbocycles. The molecule has 1 N–H and O–H groups in total. The van der Waals surface area contributed by atoms with E-state index in [-0.39, 0.29) is 5.91 Å². The number of hydrogen-bond acceptors (Lipinski definition) is 4.